The molecule has 2 aromatic rings. The van der Waals surface area contributed by atoms with E-state index in [1.165, 1.54) is 0 Å². The molecule has 17 heteroatoms. The van der Waals surface area contributed by atoms with Crippen LogP contribution in [0.3, 0.4) is 0 Å². The van der Waals surface area contributed by atoms with E-state index >= 15 is 0 Å². The number of carboxylic acids is 1. The Morgan fingerprint density at radius 2 is 1.46 bits per heavy atom. The number of nitrogens with zero attached hydrogens (tertiary/aromatic N) is 1. The number of guanidine groups is 1. The Hall–Kier alpha value is -5.35. The molecule has 3 atom stereocenters. The van der Waals surface area contributed by atoms with Crippen molar-refractivity contribution in [1.82, 2.24) is 16.0 Å². The van der Waals surface area contributed by atoms with Crippen molar-refractivity contribution in [2.45, 2.75) is 108 Å². The van der Waals surface area contributed by atoms with Crippen molar-refractivity contribution in [2.24, 2.45) is 39.9 Å². The number of carboxylic acid groups (broad SMARTS) is 1. The number of rotatable bonds is 17. The molecule has 0 bridgehead atoms. The fourth-order valence-electron chi connectivity index (χ4n) is 7.34. The number of amidine groups is 1. The number of aliphatic carboxylic acids is 1. The second-order valence-electron chi connectivity index (χ2n) is 14.6. The number of carbonyl (C=O) groups is 4. The van der Waals surface area contributed by atoms with Crippen molar-refractivity contribution in [1.29, 1.82) is 5.41 Å². The zero-order valence-electron chi connectivity index (χ0n) is 32.4. The van der Waals surface area contributed by atoms with Crippen molar-refractivity contribution in [3.8, 4) is 5.75 Å². The van der Waals surface area contributed by atoms with E-state index in [9.17, 15) is 27.6 Å². The fraction of sp³-hybridized carbons (Fsp3) is 0.550. The molecule has 2 aromatic carbocycles. The minimum atomic E-state index is -5.08. The SMILES string of the molecule is COc1cccc(CNC(=O)[C@H](CCCN=C(N)N)NC(=O)C(NC(=O)C(Cc2ccc(C(=N)N)cc2)C2CCCCC2)C2CCCCC2)c1.O=C(O)C(F)(F)F. The van der Waals surface area contributed by atoms with E-state index in [1.54, 1.807) is 7.11 Å². The molecule has 2 saturated carbocycles. The zero-order chi connectivity index (χ0) is 42.0. The lowest BCUT2D eigenvalue weighted by molar-refractivity contribution is -0.192. The average Bonchev–Trinajstić information content (AvgIpc) is 3.19. The zero-order valence-corrected chi connectivity index (χ0v) is 32.4. The van der Waals surface area contributed by atoms with Crippen molar-refractivity contribution >= 4 is 35.5 Å². The molecule has 2 fully saturated rings. The van der Waals surface area contributed by atoms with Gasteiger partial charge in [0.15, 0.2) is 5.96 Å². The summed E-state index contributed by atoms with van der Waals surface area (Å²) in [5.74, 6) is -3.02. The van der Waals surface area contributed by atoms with Gasteiger partial charge in [-0.2, -0.15) is 13.2 Å². The molecule has 2 unspecified atom stereocenters. The number of nitrogen functional groups attached to an aromatic ring is 1. The first-order valence-corrected chi connectivity index (χ1v) is 19.4. The lowest BCUT2D eigenvalue weighted by Crippen LogP contribution is -2.57. The summed E-state index contributed by atoms with van der Waals surface area (Å²) in [5.41, 5.74) is 19.2. The van der Waals surface area contributed by atoms with Crippen LogP contribution in [0, 0.1) is 23.2 Å². The Bertz CT molecular complexity index is 1660. The molecule has 0 aliphatic heterocycles. The molecule has 0 spiro atoms. The van der Waals surface area contributed by atoms with Gasteiger partial charge >= 0.3 is 12.1 Å². The van der Waals surface area contributed by atoms with Crippen LogP contribution in [-0.4, -0.2) is 72.5 Å². The molecule has 2 aliphatic rings. The van der Waals surface area contributed by atoms with Gasteiger partial charge in [0, 0.05) is 24.6 Å². The van der Waals surface area contributed by atoms with E-state index in [-0.39, 0.29) is 53.8 Å². The largest absolute Gasteiger partial charge is 0.497 e. The molecule has 0 radical (unpaired) electrons. The molecular formula is C40H57F3N8O6. The topological polar surface area (TPSA) is 248 Å². The summed E-state index contributed by atoms with van der Waals surface area (Å²) in [7, 11) is 1.59. The van der Waals surface area contributed by atoms with Gasteiger partial charge in [0.1, 0.15) is 23.7 Å². The van der Waals surface area contributed by atoms with Crippen LogP contribution in [0.2, 0.25) is 0 Å². The van der Waals surface area contributed by atoms with Gasteiger partial charge in [0.05, 0.1) is 7.11 Å². The number of ether oxygens (including phenoxy) is 1. The first-order chi connectivity index (χ1) is 27.1. The van der Waals surface area contributed by atoms with Crippen molar-refractivity contribution in [3.05, 3.63) is 65.2 Å². The number of nitrogens with one attached hydrogen (secondary N) is 4. The molecule has 14 nitrogen and oxygen atoms in total. The monoisotopic (exact) mass is 802 g/mol. The molecule has 3 amide bonds. The van der Waals surface area contributed by atoms with Crippen LogP contribution in [0.1, 0.15) is 93.7 Å². The quantitative estimate of drug-likeness (QED) is 0.0646. The van der Waals surface area contributed by atoms with Crippen molar-refractivity contribution in [3.63, 3.8) is 0 Å². The highest BCUT2D eigenvalue weighted by Crippen LogP contribution is 2.33. The molecule has 11 N–H and O–H groups in total. The van der Waals surface area contributed by atoms with E-state index in [2.05, 4.69) is 20.9 Å². The Labute approximate surface area is 331 Å². The molecule has 0 heterocycles. The number of hydrogen-bond acceptors (Lipinski definition) is 7. The number of alkyl halides is 3. The molecule has 0 saturated heterocycles. The smallest absolute Gasteiger partial charge is 0.490 e. The van der Waals surface area contributed by atoms with Crippen LogP contribution in [0.15, 0.2) is 53.5 Å². The van der Waals surface area contributed by atoms with Gasteiger partial charge in [0.2, 0.25) is 17.7 Å². The molecule has 2 aliphatic carbocycles. The number of nitrogens with two attached hydrogens (primary N) is 3. The Morgan fingerprint density at radius 1 is 0.860 bits per heavy atom. The maximum absolute atomic E-state index is 14.3. The van der Waals surface area contributed by atoms with Crippen LogP contribution < -0.4 is 37.9 Å². The van der Waals surface area contributed by atoms with E-state index < -0.39 is 24.2 Å². The third-order valence-corrected chi connectivity index (χ3v) is 10.4. The van der Waals surface area contributed by atoms with Gasteiger partial charge in [-0.15, -0.1) is 0 Å². The minimum Gasteiger partial charge on any atom is -0.497 e. The predicted octanol–water partition coefficient (Wildman–Crippen LogP) is 4.27. The summed E-state index contributed by atoms with van der Waals surface area (Å²) >= 11 is 0. The van der Waals surface area contributed by atoms with E-state index in [0.29, 0.717) is 37.1 Å². The van der Waals surface area contributed by atoms with Gasteiger partial charge in [-0.05, 0) is 80.0 Å². The van der Waals surface area contributed by atoms with Crippen molar-refractivity contribution in [2.75, 3.05) is 13.7 Å². The van der Waals surface area contributed by atoms with Crippen molar-refractivity contribution < 1.29 is 42.2 Å². The minimum absolute atomic E-state index is 0.00276. The van der Waals surface area contributed by atoms with Gasteiger partial charge in [-0.25, -0.2) is 4.79 Å². The lowest BCUT2D eigenvalue weighted by atomic mass is 9.76. The summed E-state index contributed by atoms with van der Waals surface area (Å²) < 4.78 is 37.1. The fourth-order valence-corrected chi connectivity index (χ4v) is 7.34. The molecule has 4 rings (SSSR count). The second-order valence-corrected chi connectivity index (χ2v) is 14.6. The third-order valence-electron chi connectivity index (χ3n) is 10.4. The normalized spacial score (nSPS) is 16.4. The standard InChI is InChI=1S/C38H56N8O4.C2HF3O2/c1-50-30-15-8-10-26(22-30)24-44-36(48)32(16-9-21-43-38(41)42)45-37(49)33(28-13-6-3-7-14-28)46-35(47)31(27-11-4-2-5-12-27)23-25-17-19-29(20-18-25)34(39)40;3-2(4,5)1(6)7/h8,10,15,17-20,22,27-28,31-33H,2-7,9,11-14,16,21,23-24H2,1H3,(H3,39,40)(H,44,48)(H,45,49)(H,46,47)(H4,41,42,43);(H,6,7)/t31?,32-,33?;/m0./s1. The van der Waals surface area contributed by atoms with E-state index in [1.807, 2.05) is 48.5 Å². The maximum atomic E-state index is 14.3. The van der Waals surface area contributed by atoms with Gasteiger partial charge < -0.3 is 43.0 Å². The van der Waals surface area contributed by atoms with Gasteiger partial charge in [0.25, 0.3) is 0 Å². The number of halogens is 3. The average molecular weight is 803 g/mol. The molecular weight excluding hydrogens is 745 g/mol. The van der Waals surface area contributed by atoms with E-state index in [0.717, 1.165) is 75.3 Å². The van der Waals surface area contributed by atoms with Crippen LogP contribution in [0.25, 0.3) is 0 Å². The van der Waals surface area contributed by atoms with Gasteiger partial charge in [-0.3, -0.25) is 24.8 Å². The Balaban J connectivity index is 0.00000113. The number of methoxy groups -OCH3 is 1. The first-order valence-electron chi connectivity index (χ1n) is 19.4. The second kappa shape index (κ2) is 23.0. The summed E-state index contributed by atoms with van der Waals surface area (Å²) in [6.45, 7) is 0.576. The summed E-state index contributed by atoms with van der Waals surface area (Å²) in [6.07, 6.45) is 6.23. The number of benzene rings is 2. The number of amides is 3. The predicted molar refractivity (Wildman–Crippen MR) is 210 cm³/mol. The summed E-state index contributed by atoms with van der Waals surface area (Å²) in [4.78, 5) is 55.1. The number of carbonyl (C=O) groups excluding carboxylic acids is 3. The molecule has 57 heavy (non-hydrogen) atoms. The third kappa shape index (κ3) is 16.0. The Kier molecular flexibility index (Phi) is 18.6. The lowest BCUT2D eigenvalue weighted by Gasteiger charge is -2.34. The first kappa shape index (κ1) is 46.0. The Morgan fingerprint density at radius 3 is 2.00 bits per heavy atom. The van der Waals surface area contributed by atoms with Crippen LogP contribution >= 0.6 is 0 Å². The summed E-state index contributed by atoms with van der Waals surface area (Å²) in [5, 5.41) is 24.1. The van der Waals surface area contributed by atoms with E-state index in [4.69, 9.17) is 37.2 Å². The molecule has 0 aromatic heterocycles. The van der Waals surface area contributed by atoms with Crippen LogP contribution in [0.5, 0.6) is 5.75 Å². The van der Waals surface area contributed by atoms with Crippen LogP contribution in [0.4, 0.5) is 13.2 Å². The van der Waals surface area contributed by atoms with Gasteiger partial charge in [-0.1, -0.05) is 74.9 Å². The summed E-state index contributed by atoms with van der Waals surface area (Å²) in [6, 6.07) is 13.3. The molecule has 314 valence electrons. The number of aliphatic imine (C=N–C) groups is 1. The highest BCUT2D eigenvalue weighted by molar-refractivity contribution is 5.95. The highest BCUT2D eigenvalue weighted by atomic mass is 19.4. The maximum Gasteiger partial charge on any atom is 0.490 e. The highest BCUT2D eigenvalue weighted by Gasteiger charge is 2.39. The van der Waals surface area contributed by atoms with Crippen LogP contribution in [-0.2, 0) is 32.1 Å². The number of hydrogen-bond donors (Lipinski definition) is 8.